The van der Waals surface area contributed by atoms with E-state index in [1.54, 1.807) is 0 Å². The average Bonchev–Trinajstić information content (AvgIpc) is 3.36. The quantitative estimate of drug-likeness (QED) is 0.851. The summed E-state index contributed by atoms with van der Waals surface area (Å²) in [6.07, 6.45) is 11.8. The summed E-state index contributed by atoms with van der Waals surface area (Å²) in [5.74, 6) is 0.759. The topological polar surface area (TPSA) is 61.4 Å². The van der Waals surface area contributed by atoms with E-state index in [-0.39, 0.29) is 6.03 Å². The lowest BCUT2D eigenvalue weighted by Crippen LogP contribution is -2.38. The van der Waals surface area contributed by atoms with Crippen molar-refractivity contribution in [2.75, 3.05) is 31.5 Å². The van der Waals surface area contributed by atoms with Gasteiger partial charge in [-0.1, -0.05) is 49.2 Å². The Kier molecular flexibility index (Phi) is 4.80. The zero-order valence-corrected chi connectivity index (χ0v) is 14.8. The Labute approximate surface area is 146 Å². The number of likely N-dealkylation sites (tertiary alicyclic amines) is 1. The van der Waals surface area contributed by atoms with Gasteiger partial charge in [-0.25, -0.2) is 4.79 Å². The number of nitrogens with zero attached hydrogens (tertiary/aromatic N) is 4. The van der Waals surface area contributed by atoms with Crippen molar-refractivity contribution >= 4 is 22.5 Å². The van der Waals surface area contributed by atoms with E-state index in [0.717, 1.165) is 49.9 Å². The van der Waals surface area contributed by atoms with Crippen molar-refractivity contribution in [2.24, 2.45) is 5.92 Å². The minimum Gasteiger partial charge on any atom is -0.323 e. The van der Waals surface area contributed by atoms with Gasteiger partial charge in [0.15, 0.2) is 0 Å². The summed E-state index contributed by atoms with van der Waals surface area (Å²) in [5, 5.41) is 13.0. The summed E-state index contributed by atoms with van der Waals surface area (Å²) in [6, 6.07) is 0.450. The van der Waals surface area contributed by atoms with E-state index in [4.69, 9.17) is 0 Å². The second-order valence-corrected chi connectivity index (χ2v) is 8.16. The van der Waals surface area contributed by atoms with E-state index >= 15 is 0 Å². The normalized spacial score (nSPS) is 25.0. The second kappa shape index (κ2) is 7.19. The highest BCUT2D eigenvalue weighted by atomic mass is 32.1. The molecule has 2 aliphatic heterocycles. The molecule has 1 aromatic heterocycles. The molecule has 7 heteroatoms. The fraction of sp³-hybridized carbons (Fsp3) is 0.706. The summed E-state index contributed by atoms with van der Waals surface area (Å²) >= 11 is 1.53. The number of nitrogens with one attached hydrogen (secondary N) is 1. The predicted molar refractivity (Wildman–Crippen MR) is 95.3 cm³/mol. The van der Waals surface area contributed by atoms with E-state index in [9.17, 15) is 4.79 Å². The van der Waals surface area contributed by atoms with Gasteiger partial charge in [0.1, 0.15) is 5.01 Å². The van der Waals surface area contributed by atoms with Crippen LogP contribution in [0, 0.1) is 5.92 Å². The van der Waals surface area contributed by atoms with Gasteiger partial charge in [0.2, 0.25) is 5.13 Å². The van der Waals surface area contributed by atoms with E-state index in [1.165, 1.54) is 37.0 Å². The van der Waals surface area contributed by atoms with Crippen LogP contribution in [0.5, 0.6) is 0 Å². The highest BCUT2D eigenvalue weighted by molar-refractivity contribution is 7.15. The van der Waals surface area contributed by atoms with Gasteiger partial charge in [-0.05, 0) is 12.3 Å². The minimum absolute atomic E-state index is 0.0341. The van der Waals surface area contributed by atoms with Gasteiger partial charge in [-0.2, -0.15) is 0 Å². The zero-order valence-electron chi connectivity index (χ0n) is 14.0. The molecule has 4 rings (SSSR count). The SMILES string of the molecule is O=C(Nc1nnc(CC2CCCC2)s1)N1CC[C@H](N2CC=CC2)C1. The third-order valence-electron chi connectivity index (χ3n) is 5.43. The molecule has 0 radical (unpaired) electrons. The minimum atomic E-state index is -0.0341. The first-order valence-corrected chi connectivity index (χ1v) is 9.87. The van der Waals surface area contributed by atoms with Crippen molar-refractivity contribution in [3.8, 4) is 0 Å². The van der Waals surface area contributed by atoms with Crippen molar-refractivity contribution in [1.29, 1.82) is 0 Å². The fourth-order valence-corrected chi connectivity index (χ4v) is 4.88. The number of hydrogen-bond donors (Lipinski definition) is 1. The highest BCUT2D eigenvalue weighted by Gasteiger charge is 2.31. The maximum Gasteiger partial charge on any atom is 0.323 e. The fourth-order valence-electron chi connectivity index (χ4n) is 4.04. The van der Waals surface area contributed by atoms with Gasteiger partial charge in [0.25, 0.3) is 0 Å². The number of anilines is 1. The Hall–Kier alpha value is -1.47. The molecule has 0 bridgehead atoms. The number of aromatic nitrogens is 2. The lowest BCUT2D eigenvalue weighted by molar-refractivity contribution is 0.212. The Morgan fingerprint density at radius 1 is 1.21 bits per heavy atom. The highest BCUT2D eigenvalue weighted by Crippen LogP contribution is 2.29. The Balaban J connectivity index is 1.27. The van der Waals surface area contributed by atoms with Gasteiger partial charge in [0, 0.05) is 38.6 Å². The van der Waals surface area contributed by atoms with E-state index in [1.807, 2.05) is 4.90 Å². The summed E-state index contributed by atoms with van der Waals surface area (Å²) in [6.45, 7) is 3.66. The van der Waals surface area contributed by atoms with E-state index in [2.05, 4.69) is 32.6 Å². The Bertz CT molecular complexity index is 602. The molecule has 24 heavy (non-hydrogen) atoms. The molecule has 3 aliphatic rings. The second-order valence-electron chi connectivity index (χ2n) is 7.10. The monoisotopic (exact) mass is 347 g/mol. The number of urea groups is 1. The zero-order chi connectivity index (χ0) is 16.4. The molecule has 1 N–H and O–H groups in total. The standard InChI is InChI=1S/C17H25N5OS/c23-17(22-10-7-14(12-22)21-8-3-4-9-21)18-16-20-19-15(24-16)11-13-5-1-2-6-13/h3-4,13-14H,1-2,5-12H2,(H,18,20,23)/t14-/m0/s1. The van der Waals surface area contributed by atoms with Crippen LogP contribution >= 0.6 is 11.3 Å². The smallest absolute Gasteiger partial charge is 0.323 e. The first-order chi connectivity index (χ1) is 11.8. The molecule has 0 aromatic carbocycles. The maximum absolute atomic E-state index is 12.4. The van der Waals surface area contributed by atoms with E-state index < -0.39 is 0 Å². The lowest BCUT2D eigenvalue weighted by atomic mass is 10.1. The molecule has 6 nitrogen and oxygen atoms in total. The predicted octanol–water partition coefficient (Wildman–Crippen LogP) is 2.75. The third-order valence-corrected chi connectivity index (χ3v) is 6.29. The van der Waals surface area contributed by atoms with Gasteiger partial charge in [-0.3, -0.25) is 10.2 Å². The molecular weight excluding hydrogens is 322 g/mol. The number of amides is 2. The van der Waals surface area contributed by atoms with Crippen LogP contribution in [0.25, 0.3) is 0 Å². The lowest BCUT2D eigenvalue weighted by Gasteiger charge is -2.23. The summed E-state index contributed by atoms with van der Waals surface area (Å²) in [4.78, 5) is 16.8. The molecule has 3 heterocycles. The molecule has 1 atom stereocenters. The molecule has 1 aliphatic carbocycles. The maximum atomic E-state index is 12.4. The molecule has 0 unspecified atom stereocenters. The summed E-state index contributed by atoms with van der Waals surface area (Å²) in [5.41, 5.74) is 0. The largest absolute Gasteiger partial charge is 0.323 e. The van der Waals surface area contributed by atoms with Gasteiger partial charge in [-0.15, -0.1) is 10.2 Å². The molecule has 1 saturated carbocycles. The van der Waals surface area contributed by atoms with Crippen LogP contribution in [-0.2, 0) is 6.42 Å². The van der Waals surface area contributed by atoms with Crippen molar-refractivity contribution in [1.82, 2.24) is 20.0 Å². The number of rotatable bonds is 4. The number of carbonyl (C=O) groups is 1. The van der Waals surface area contributed by atoms with Gasteiger partial charge >= 0.3 is 6.03 Å². The van der Waals surface area contributed by atoms with Gasteiger partial charge in [0.05, 0.1) is 0 Å². The number of hydrogen-bond acceptors (Lipinski definition) is 5. The summed E-state index contributed by atoms with van der Waals surface area (Å²) in [7, 11) is 0. The third kappa shape index (κ3) is 3.62. The molecule has 1 aromatic rings. The van der Waals surface area contributed by atoms with Crippen LogP contribution < -0.4 is 5.32 Å². The first-order valence-electron chi connectivity index (χ1n) is 9.05. The molecule has 2 amide bonds. The van der Waals surface area contributed by atoms with Crippen LogP contribution in [0.3, 0.4) is 0 Å². The molecule has 1 saturated heterocycles. The van der Waals surface area contributed by atoms with Crippen molar-refractivity contribution in [2.45, 2.75) is 44.6 Å². The van der Waals surface area contributed by atoms with Crippen LogP contribution in [0.4, 0.5) is 9.93 Å². The van der Waals surface area contributed by atoms with Gasteiger partial charge < -0.3 is 4.90 Å². The molecule has 130 valence electrons. The van der Waals surface area contributed by atoms with Crippen molar-refractivity contribution < 1.29 is 4.79 Å². The summed E-state index contributed by atoms with van der Waals surface area (Å²) < 4.78 is 0. The van der Waals surface area contributed by atoms with Crippen LogP contribution in [0.1, 0.15) is 37.1 Å². The van der Waals surface area contributed by atoms with Crippen LogP contribution in [0.15, 0.2) is 12.2 Å². The average molecular weight is 347 g/mol. The number of carbonyl (C=O) groups excluding carboxylic acids is 1. The van der Waals surface area contributed by atoms with Crippen LogP contribution in [-0.4, -0.2) is 58.2 Å². The Morgan fingerprint density at radius 3 is 2.79 bits per heavy atom. The molecular formula is C17H25N5OS. The first kappa shape index (κ1) is 16.0. The van der Waals surface area contributed by atoms with Crippen LogP contribution in [0.2, 0.25) is 0 Å². The Morgan fingerprint density at radius 2 is 2.00 bits per heavy atom. The molecule has 0 spiro atoms. The van der Waals surface area contributed by atoms with E-state index in [0.29, 0.717) is 11.2 Å². The van der Waals surface area contributed by atoms with Crippen molar-refractivity contribution in [3.63, 3.8) is 0 Å². The molecule has 2 fully saturated rings. The van der Waals surface area contributed by atoms with Crippen molar-refractivity contribution in [3.05, 3.63) is 17.2 Å².